The Hall–Kier alpha value is -4.86. The molecule has 1 fully saturated rings. The normalized spacial score (nSPS) is 15.9. The quantitative estimate of drug-likeness (QED) is 0.208. The highest BCUT2D eigenvalue weighted by Gasteiger charge is 2.49. The highest BCUT2D eigenvalue weighted by Crippen LogP contribution is 2.25. The Balaban J connectivity index is 1.33. The molecule has 2 amide bonds. The number of ether oxygens (including phenoxy) is 4. The smallest absolute Gasteiger partial charge is 0.408 e. The van der Waals surface area contributed by atoms with Crippen molar-refractivity contribution in [1.82, 2.24) is 10.2 Å². The molecule has 1 aliphatic heterocycles. The van der Waals surface area contributed by atoms with Gasteiger partial charge in [0.05, 0.1) is 13.2 Å². The molecular weight excluding hydrogens is 516 g/mol. The Morgan fingerprint density at radius 3 is 2.08 bits per heavy atom. The number of esters is 2. The van der Waals surface area contributed by atoms with Crippen LogP contribution in [0.5, 0.6) is 11.5 Å². The van der Waals surface area contributed by atoms with E-state index in [0.717, 1.165) is 11.1 Å². The number of rotatable bonds is 12. The Morgan fingerprint density at radius 1 is 0.775 bits per heavy atom. The fourth-order valence-corrected chi connectivity index (χ4v) is 4.18. The molecule has 2 atom stereocenters. The Morgan fingerprint density at radius 2 is 1.40 bits per heavy atom. The van der Waals surface area contributed by atoms with Gasteiger partial charge in [-0.1, -0.05) is 60.7 Å². The summed E-state index contributed by atoms with van der Waals surface area (Å²) in [6.45, 7) is -0.278. The van der Waals surface area contributed by atoms with Crippen molar-refractivity contribution in [2.75, 3.05) is 13.7 Å². The van der Waals surface area contributed by atoms with Crippen LogP contribution < -0.4 is 14.8 Å². The Bertz CT molecular complexity index is 1300. The fraction of sp³-hybridized carbons (Fsp3) is 0.267. The summed E-state index contributed by atoms with van der Waals surface area (Å²) in [6.07, 6.45) is -0.658. The predicted molar refractivity (Wildman–Crippen MR) is 143 cm³/mol. The molecule has 0 unspecified atom stereocenters. The first-order valence-corrected chi connectivity index (χ1v) is 12.7. The molecule has 10 nitrogen and oxygen atoms in total. The van der Waals surface area contributed by atoms with Crippen LogP contribution in [0.25, 0.3) is 0 Å². The standard InChI is InChI=1S/C30H30N2O8/c1-37-23-14-12-22(13-15-23)19-38-27(34)18-32-25(16-17-26(33)40-24-10-6-3-7-11-24)28(29(32)35)31-30(36)39-20-21-8-4-2-5-9-21/h2-15,25,28H,16-20H2,1H3,(H,31,36)/t25-,28+/m1/s1. The lowest BCUT2D eigenvalue weighted by atomic mass is 9.91. The van der Waals surface area contributed by atoms with Crippen LogP contribution in [-0.2, 0) is 37.1 Å². The second-order valence-corrected chi connectivity index (χ2v) is 9.05. The minimum Gasteiger partial charge on any atom is -0.497 e. The SMILES string of the molecule is COc1ccc(COC(=O)CN2C(=O)[C@@H](NC(=O)OCc3ccccc3)[C@H]2CCC(=O)Oc2ccccc2)cc1. The van der Waals surface area contributed by atoms with E-state index in [-0.39, 0.29) is 32.6 Å². The molecule has 0 aromatic heterocycles. The highest BCUT2D eigenvalue weighted by molar-refractivity contribution is 5.94. The number of carbonyl (C=O) groups excluding carboxylic acids is 4. The largest absolute Gasteiger partial charge is 0.497 e. The van der Waals surface area contributed by atoms with Gasteiger partial charge in [0.1, 0.15) is 37.3 Å². The van der Waals surface area contributed by atoms with E-state index < -0.39 is 36.0 Å². The second-order valence-electron chi connectivity index (χ2n) is 9.05. The van der Waals surface area contributed by atoms with Crippen molar-refractivity contribution < 1.29 is 38.1 Å². The number of likely N-dealkylation sites (tertiary alicyclic amines) is 1. The van der Waals surface area contributed by atoms with Crippen LogP contribution in [0.1, 0.15) is 24.0 Å². The first-order chi connectivity index (χ1) is 19.4. The number of alkyl carbamates (subject to hydrolysis) is 1. The van der Waals surface area contributed by atoms with Gasteiger partial charge in [-0.3, -0.25) is 14.4 Å². The number of hydrogen-bond acceptors (Lipinski definition) is 8. The third-order valence-corrected chi connectivity index (χ3v) is 6.30. The number of β-lactam (4-membered cyclic amide) rings is 1. The first-order valence-electron chi connectivity index (χ1n) is 12.7. The summed E-state index contributed by atoms with van der Waals surface area (Å²) in [4.78, 5) is 51.6. The molecule has 3 aromatic carbocycles. The van der Waals surface area contributed by atoms with Crippen LogP contribution in [0.15, 0.2) is 84.9 Å². The van der Waals surface area contributed by atoms with Crippen molar-refractivity contribution in [3.8, 4) is 11.5 Å². The van der Waals surface area contributed by atoms with E-state index in [2.05, 4.69) is 5.32 Å². The van der Waals surface area contributed by atoms with E-state index in [1.165, 1.54) is 4.90 Å². The lowest BCUT2D eigenvalue weighted by Gasteiger charge is -2.46. The Labute approximate surface area is 231 Å². The molecule has 208 valence electrons. The molecule has 0 bridgehead atoms. The number of benzene rings is 3. The van der Waals surface area contributed by atoms with E-state index in [4.69, 9.17) is 18.9 Å². The van der Waals surface area contributed by atoms with Gasteiger partial charge in [-0.05, 0) is 41.8 Å². The number of amides is 2. The molecule has 40 heavy (non-hydrogen) atoms. The molecule has 1 N–H and O–H groups in total. The van der Waals surface area contributed by atoms with Crippen LogP contribution in [-0.4, -0.2) is 54.6 Å². The number of nitrogens with zero attached hydrogens (tertiary/aromatic N) is 1. The summed E-state index contributed by atoms with van der Waals surface area (Å²) >= 11 is 0. The summed E-state index contributed by atoms with van der Waals surface area (Å²) in [7, 11) is 1.56. The van der Waals surface area contributed by atoms with Gasteiger partial charge in [-0.2, -0.15) is 0 Å². The lowest BCUT2D eigenvalue weighted by molar-refractivity contribution is -0.162. The zero-order chi connectivity index (χ0) is 28.3. The van der Waals surface area contributed by atoms with Crippen molar-refractivity contribution in [3.63, 3.8) is 0 Å². The van der Waals surface area contributed by atoms with Crippen molar-refractivity contribution in [2.45, 2.75) is 38.1 Å². The van der Waals surface area contributed by atoms with Crippen LogP contribution >= 0.6 is 0 Å². The lowest BCUT2D eigenvalue weighted by Crippen LogP contribution is -2.71. The number of para-hydroxylation sites is 1. The van der Waals surface area contributed by atoms with E-state index in [1.807, 2.05) is 30.3 Å². The summed E-state index contributed by atoms with van der Waals surface area (Å²) in [5.74, 6) is -0.519. The van der Waals surface area contributed by atoms with Gasteiger partial charge in [0.15, 0.2) is 0 Å². The van der Waals surface area contributed by atoms with Crippen molar-refractivity contribution in [1.29, 1.82) is 0 Å². The summed E-state index contributed by atoms with van der Waals surface area (Å²) in [5, 5.41) is 2.56. The average Bonchev–Trinajstić information content (AvgIpc) is 2.99. The molecule has 1 aliphatic rings. The van der Waals surface area contributed by atoms with Crippen LogP contribution in [0, 0.1) is 0 Å². The number of carbonyl (C=O) groups is 4. The van der Waals surface area contributed by atoms with Gasteiger partial charge in [-0.25, -0.2) is 4.79 Å². The van der Waals surface area contributed by atoms with Gasteiger partial charge in [0, 0.05) is 6.42 Å². The number of methoxy groups -OCH3 is 1. The van der Waals surface area contributed by atoms with Crippen LogP contribution in [0.2, 0.25) is 0 Å². The minimum atomic E-state index is -0.956. The molecule has 4 rings (SSSR count). The molecule has 0 aliphatic carbocycles. The number of nitrogens with one attached hydrogen (secondary N) is 1. The maximum atomic E-state index is 12.9. The van der Waals surface area contributed by atoms with Gasteiger partial charge in [0.25, 0.3) is 0 Å². The van der Waals surface area contributed by atoms with Gasteiger partial charge < -0.3 is 29.2 Å². The maximum Gasteiger partial charge on any atom is 0.408 e. The first kappa shape index (κ1) is 28.2. The topological polar surface area (TPSA) is 120 Å². The van der Waals surface area contributed by atoms with E-state index in [0.29, 0.717) is 11.5 Å². The third kappa shape index (κ3) is 7.83. The molecule has 0 saturated carbocycles. The van der Waals surface area contributed by atoms with Crippen LogP contribution in [0.3, 0.4) is 0 Å². The molecule has 1 heterocycles. The minimum absolute atomic E-state index is 0.0203. The molecule has 1 saturated heterocycles. The average molecular weight is 547 g/mol. The molecule has 0 spiro atoms. The third-order valence-electron chi connectivity index (χ3n) is 6.30. The highest BCUT2D eigenvalue weighted by atomic mass is 16.6. The summed E-state index contributed by atoms with van der Waals surface area (Å²) < 4.78 is 21.0. The van der Waals surface area contributed by atoms with Crippen molar-refractivity contribution in [2.24, 2.45) is 0 Å². The van der Waals surface area contributed by atoms with Gasteiger partial charge in [-0.15, -0.1) is 0 Å². The maximum absolute atomic E-state index is 12.9. The van der Waals surface area contributed by atoms with E-state index in [1.54, 1.807) is 61.7 Å². The van der Waals surface area contributed by atoms with Crippen molar-refractivity contribution >= 4 is 23.9 Å². The summed E-state index contributed by atoms with van der Waals surface area (Å²) in [5.41, 5.74) is 1.55. The van der Waals surface area contributed by atoms with E-state index >= 15 is 0 Å². The number of hydrogen-bond donors (Lipinski definition) is 1. The van der Waals surface area contributed by atoms with Crippen molar-refractivity contribution in [3.05, 3.63) is 96.1 Å². The molecular formula is C30H30N2O8. The van der Waals surface area contributed by atoms with Gasteiger partial charge >= 0.3 is 18.0 Å². The Kier molecular flexibility index (Phi) is 9.71. The van der Waals surface area contributed by atoms with Crippen LogP contribution in [0.4, 0.5) is 4.79 Å². The zero-order valence-electron chi connectivity index (χ0n) is 22.0. The second kappa shape index (κ2) is 13.8. The predicted octanol–water partition coefficient (Wildman–Crippen LogP) is 3.63. The van der Waals surface area contributed by atoms with Gasteiger partial charge in [0.2, 0.25) is 5.91 Å². The van der Waals surface area contributed by atoms with E-state index in [9.17, 15) is 19.2 Å². The molecule has 10 heteroatoms. The fourth-order valence-electron chi connectivity index (χ4n) is 4.18. The summed E-state index contributed by atoms with van der Waals surface area (Å²) in [6, 6.07) is 23.2. The zero-order valence-corrected chi connectivity index (χ0v) is 22.0. The molecule has 0 radical (unpaired) electrons. The molecule has 3 aromatic rings. The monoisotopic (exact) mass is 546 g/mol.